The summed E-state index contributed by atoms with van der Waals surface area (Å²) in [5.74, 6) is 0. The summed E-state index contributed by atoms with van der Waals surface area (Å²) in [5, 5.41) is 11.5. The molecule has 0 saturated carbocycles. The fourth-order valence-corrected chi connectivity index (χ4v) is 3.32. The minimum Gasteiger partial charge on any atom is -0.334 e. The average Bonchev–Trinajstić information content (AvgIpc) is 3.06. The van der Waals surface area contributed by atoms with Gasteiger partial charge >= 0.3 is 6.03 Å². The summed E-state index contributed by atoms with van der Waals surface area (Å²) in [7, 11) is 1.96. The fraction of sp³-hybridized carbons (Fsp3) is 0.136. The number of fused-ring (bicyclic) bond motifs is 1. The Balaban J connectivity index is 1.47. The van der Waals surface area contributed by atoms with Gasteiger partial charge in [0.05, 0.1) is 5.52 Å². The van der Waals surface area contributed by atoms with Gasteiger partial charge in [-0.1, -0.05) is 30.3 Å². The predicted octanol–water partition coefficient (Wildman–Crippen LogP) is 4.27. The number of pyridine rings is 1. The zero-order valence-corrected chi connectivity index (χ0v) is 15.8. The number of nitrogens with one attached hydrogen (secondary N) is 2. The fourth-order valence-electron chi connectivity index (χ4n) is 3.32. The third-order valence-corrected chi connectivity index (χ3v) is 4.69. The molecule has 0 saturated heterocycles. The molecule has 4 aromatic rings. The normalized spacial score (nSPS) is 10.8. The van der Waals surface area contributed by atoms with Gasteiger partial charge in [-0.3, -0.25) is 9.67 Å². The second-order valence-corrected chi connectivity index (χ2v) is 6.68. The topological polar surface area (TPSA) is 71.8 Å². The maximum atomic E-state index is 12.1. The van der Waals surface area contributed by atoms with Crippen molar-refractivity contribution in [2.45, 2.75) is 13.5 Å². The first kappa shape index (κ1) is 17.7. The second-order valence-electron chi connectivity index (χ2n) is 6.68. The number of rotatable bonds is 4. The summed E-state index contributed by atoms with van der Waals surface area (Å²) in [4.78, 5) is 16.1. The van der Waals surface area contributed by atoms with Crippen molar-refractivity contribution in [1.82, 2.24) is 20.1 Å². The van der Waals surface area contributed by atoms with Crippen molar-refractivity contribution in [3.8, 4) is 11.3 Å². The summed E-state index contributed by atoms with van der Waals surface area (Å²) in [6.45, 7) is 2.54. The number of anilines is 1. The van der Waals surface area contributed by atoms with Gasteiger partial charge in [0.1, 0.15) is 5.69 Å². The van der Waals surface area contributed by atoms with Crippen LogP contribution in [0.3, 0.4) is 0 Å². The number of hydrogen-bond donors (Lipinski definition) is 2. The summed E-state index contributed by atoms with van der Waals surface area (Å²) in [5.41, 5.74) is 6.01. The van der Waals surface area contributed by atoms with E-state index in [-0.39, 0.29) is 6.03 Å². The van der Waals surface area contributed by atoms with Crippen LogP contribution in [-0.2, 0) is 13.6 Å². The van der Waals surface area contributed by atoms with Gasteiger partial charge in [0, 0.05) is 42.6 Å². The Hall–Kier alpha value is -3.67. The van der Waals surface area contributed by atoms with Crippen molar-refractivity contribution in [3.05, 3.63) is 78.1 Å². The minimum absolute atomic E-state index is 0.247. The Morgan fingerprint density at radius 2 is 1.79 bits per heavy atom. The third-order valence-electron chi connectivity index (χ3n) is 4.69. The quantitative estimate of drug-likeness (QED) is 0.563. The van der Waals surface area contributed by atoms with Crippen molar-refractivity contribution in [2.75, 3.05) is 5.32 Å². The van der Waals surface area contributed by atoms with Crippen LogP contribution in [-0.4, -0.2) is 20.8 Å². The molecule has 6 heteroatoms. The molecule has 0 radical (unpaired) electrons. The first-order valence-electron chi connectivity index (χ1n) is 9.08. The van der Waals surface area contributed by atoms with Crippen molar-refractivity contribution in [3.63, 3.8) is 0 Å². The molecule has 2 amide bonds. The van der Waals surface area contributed by atoms with E-state index >= 15 is 0 Å². The highest BCUT2D eigenvalue weighted by Gasteiger charge is 2.12. The van der Waals surface area contributed by atoms with Crippen LogP contribution in [0.25, 0.3) is 22.2 Å². The summed E-state index contributed by atoms with van der Waals surface area (Å²) >= 11 is 0. The molecule has 28 heavy (non-hydrogen) atoms. The van der Waals surface area contributed by atoms with E-state index < -0.39 is 0 Å². The standard InChI is InChI=1S/C22H21N5O/c1-15-4-3-5-19-20(26-27(2)21(15)19)17-6-8-18(9-7-17)25-22(28)24-14-16-10-12-23-13-11-16/h3-13H,14H2,1-2H3,(H2,24,25,28). The molecule has 6 nitrogen and oxygen atoms in total. The Morgan fingerprint density at radius 1 is 1.04 bits per heavy atom. The number of para-hydroxylation sites is 1. The van der Waals surface area contributed by atoms with Crippen LogP contribution in [0.1, 0.15) is 11.1 Å². The van der Waals surface area contributed by atoms with E-state index in [9.17, 15) is 4.79 Å². The largest absolute Gasteiger partial charge is 0.334 e. The molecule has 2 aromatic heterocycles. The van der Waals surface area contributed by atoms with E-state index in [1.807, 2.05) is 54.2 Å². The monoisotopic (exact) mass is 371 g/mol. The van der Waals surface area contributed by atoms with Gasteiger partial charge in [0.2, 0.25) is 0 Å². The molecular weight excluding hydrogens is 350 g/mol. The Bertz CT molecular complexity index is 1120. The molecule has 2 heterocycles. The van der Waals surface area contributed by atoms with Gasteiger partial charge < -0.3 is 10.6 Å². The van der Waals surface area contributed by atoms with Gasteiger partial charge in [-0.25, -0.2) is 4.79 Å². The molecule has 4 rings (SSSR count). The number of nitrogens with zero attached hydrogens (tertiary/aromatic N) is 3. The molecule has 2 N–H and O–H groups in total. The SMILES string of the molecule is Cc1cccc2c(-c3ccc(NC(=O)NCc4ccncc4)cc3)nn(C)c12. The first-order valence-corrected chi connectivity index (χ1v) is 9.08. The third kappa shape index (κ3) is 3.57. The van der Waals surface area contributed by atoms with E-state index in [0.717, 1.165) is 33.4 Å². The van der Waals surface area contributed by atoms with Crippen LogP contribution < -0.4 is 10.6 Å². The Kier molecular flexibility index (Phi) is 4.76. The second kappa shape index (κ2) is 7.52. The predicted molar refractivity (Wildman–Crippen MR) is 111 cm³/mol. The zero-order chi connectivity index (χ0) is 19.5. The number of benzene rings is 2. The van der Waals surface area contributed by atoms with Gasteiger partial charge in [-0.05, 0) is 42.3 Å². The number of carbonyl (C=O) groups excluding carboxylic acids is 1. The van der Waals surface area contributed by atoms with Crippen LogP contribution in [0.4, 0.5) is 10.5 Å². The number of urea groups is 1. The molecule has 0 atom stereocenters. The number of amides is 2. The van der Waals surface area contributed by atoms with Gasteiger partial charge in [0.25, 0.3) is 0 Å². The van der Waals surface area contributed by atoms with Gasteiger partial charge in [-0.15, -0.1) is 0 Å². The molecule has 0 aliphatic rings. The van der Waals surface area contributed by atoms with Crippen molar-refractivity contribution >= 4 is 22.6 Å². The van der Waals surface area contributed by atoms with Crippen molar-refractivity contribution < 1.29 is 4.79 Å². The lowest BCUT2D eigenvalue weighted by atomic mass is 10.1. The molecule has 0 bridgehead atoms. The zero-order valence-electron chi connectivity index (χ0n) is 15.8. The van der Waals surface area contributed by atoms with Crippen LogP contribution in [0.5, 0.6) is 0 Å². The summed E-state index contributed by atoms with van der Waals surface area (Å²) < 4.78 is 1.92. The molecule has 2 aromatic carbocycles. The number of hydrogen-bond acceptors (Lipinski definition) is 3. The van der Waals surface area contributed by atoms with Crippen LogP contribution in [0.15, 0.2) is 67.0 Å². The van der Waals surface area contributed by atoms with E-state index in [2.05, 4.69) is 39.8 Å². The van der Waals surface area contributed by atoms with Gasteiger partial charge in [-0.2, -0.15) is 5.10 Å². The van der Waals surface area contributed by atoms with E-state index in [1.54, 1.807) is 12.4 Å². The number of carbonyl (C=O) groups is 1. The van der Waals surface area contributed by atoms with E-state index in [1.165, 1.54) is 5.56 Å². The van der Waals surface area contributed by atoms with E-state index in [0.29, 0.717) is 6.54 Å². The van der Waals surface area contributed by atoms with Gasteiger partial charge in [0.15, 0.2) is 0 Å². The molecular formula is C22H21N5O. The van der Waals surface area contributed by atoms with Crippen LogP contribution in [0, 0.1) is 6.92 Å². The van der Waals surface area contributed by atoms with E-state index in [4.69, 9.17) is 0 Å². The highest BCUT2D eigenvalue weighted by atomic mass is 16.2. The van der Waals surface area contributed by atoms with Crippen molar-refractivity contribution in [2.24, 2.45) is 7.05 Å². The highest BCUT2D eigenvalue weighted by Crippen LogP contribution is 2.29. The van der Waals surface area contributed by atoms with Crippen LogP contribution >= 0.6 is 0 Å². The molecule has 0 spiro atoms. The summed E-state index contributed by atoms with van der Waals surface area (Å²) in [6, 6.07) is 17.4. The molecule has 0 fully saturated rings. The lowest BCUT2D eigenvalue weighted by Crippen LogP contribution is -2.28. The smallest absolute Gasteiger partial charge is 0.319 e. The number of aromatic nitrogens is 3. The highest BCUT2D eigenvalue weighted by molar-refractivity contribution is 5.95. The maximum absolute atomic E-state index is 12.1. The number of aryl methyl sites for hydroxylation is 2. The first-order chi connectivity index (χ1) is 13.6. The lowest BCUT2D eigenvalue weighted by molar-refractivity contribution is 0.251. The van der Waals surface area contributed by atoms with Crippen LogP contribution in [0.2, 0.25) is 0 Å². The average molecular weight is 371 g/mol. The molecule has 0 aliphatic heterocycles. The lowest BCUT2D eigenvalue weighted by Gasteiger charge is -2.08. The molecule has 0 unspecified atom stereocenters. The van der Waals surface area contributed by atoms with Crippen molar-refractivity contribution in [1.29, 1.82) is 0 Å². The molecule has 0 aliphatic carbocycles. The maximum Gasteiger partial charge on any atom is 0.319 e. The molecule has 140 valence electrons. The summed E-state index contributed by atoms with van der Waals surface area (Å²) in [6.07, 6.45) is 3.41. The Morgan fingerprint density at radius 3 is 2.54 bits per heavy atom. The minimum atomic E-state index is -0.247. The Labute approximate surface area is 163 Å².